The van der Waals surface area contributed by atoms with Gasteiger partial charge < -0.3 is 19.4 Å². The minimum Gasteiger partial charge on any atom is -0.358 e. The normalized spacial score (nSPS) is 16.5. The van der Waals surface area contributed by atoms with E-state index >= 15 is 0 Å². The van der Waals surface area contributed by atoms with Gasteiger partial charge in [-0.2, -0.15) is 0 Å². The second-order valence-electron chi connectivity index (χ2n) is 9.62. The topological polar surface area (TPSA) is 95.8 Å². The SMILES string of the molecule is CC(C)c1ccc2nc(-c3ncsc3N3CCN(C(=O)Cn4cnc5cccnc54)[C@H](C)C3)[nH]c2c1. The van der Waals surface area contributed by atoms with E-state index < -0.39 is 0 Å². The highest BCUT2D eigenvalue weighted by atomic mass is 32.1. The van der Waals surface area contributed by atoms with Gasteiger partial charge in [-0.05, 0) is 42.7 Å². The molecule has 0 bridgehead atoms. The summed E-state index contributed by atoms with van der Waals surface area (Å²) in [4.78, 5) is 39.2. The van der Waals surface area contributed by atoms with E-state index in [2.05, 4.69) is 63.8 Å². The van der Waals surface area contributed by atoms with E-state index in [1.807, 2.05) is 27.1 Å². The third-order valence-electron chi connectivity index (χ3n) is 6.86. The number of thiazole rings is 1. The molecule has 1 aliphatic heterocycles. The van der Waals surface area contributed by atoms with Gasteiger partial charge in [-0.25, -0.2) is 19.9 Å². The molecule has 0 radical (unpaired) electrons. The van der Waals surface area contributed by atoms with Crippen molar-refractivity contribution in [2.45, 2.75) is 39.3 Å². The number of nitrogens with zero attached hydrogens (tertiary/aromatic N) is 7. The van der Waals surface area contributed by atoms with Crippen molar-refractivity contribution in [2.75, 3.05) is 24.5 Å². The van der Waals surface area contributed by atoms with Gasteiger partial charge in [0.2, 0.25) is 5.91 Å². The Morgan fingerprint density at radius 3 is 2.89 bits per heavy atom. The highest BCUT2D eigenvalue weighted by molar-refractivity contribution is 7.14. The van der Waals surface area contributed by atoms with Crippen molar-refractivity contribution in [2.24, 2.45) is 0 Å². The molecule has 1 N–H and O–H groups in total. The van der Waals surface area contributed by atoms with E-state index in [0.717, 1.165) is 51.8 Å². The number of aromatic amines is 1. The molecule has 184 valence electrons. The number of imidazole rings is 2. The number of anilines is 1. The third-order valence-corrected chi connectivity index (χ3v) is 7.75. The maximum absolute atomic E-state index is 13.2. The molecule has 0 unspecified atom stereocenters. The van der Waals surface area contributed by atoms with E-state index in [4.69, 9.17) is 4.98 Å². The number of nitrogens with one attached hydrogen (secondary N) is 1. The summed E-state index contributed by atoms with van der Waals surface area (Å²) in [6, 6.07) is 10.2. The van der Waals surface area contributed by atoms with Crippen molar-refractivity contribution in [1.82, 2.24) is 34.4 Å². The molecule has 1 aliphatic rings. The maximum atomic E-state index is 13.2. The predicted molar refractivity (Wildman–Crippen MR) is 142 cm³/mol. The predicted octanol–water partition coefficient (Wildman–Crippen LogP) is 4.29. The molecule has 1 saturated heterocycles. The fourth-order valence-corrected chi connectivity index (χ4v) is 5.72. The Morgan fingerprint density at radius 2 is 2.06 bits per heavy atom. The van der Waals surface area contributed by atoms with Crippen LogP contribution in [0, 0.1) is 0 Å². The molecule has 4 aromatic heterocycles. The summed E-state index contributed by atoms with van der Waals surface area (Å²) in [7, 11) is 0. The van der Waals surface area contributed by atoms with Gasteiger partial charge in [0.25, 0.3) is 0 Å². The summed E-state index contributed by atoms with van der Waals surface area (Å²) in [5.41, 5.74) is 7.52. The van der Waals surface area contributed by atoms with Crippen LogP contribution in [0.25, 0.3) is 33.7 Å². The van der Waals surface area contributed by atoms with Crippen molar-refractivity contribution in [1.29, 1.82) is 0 Å². The average Bonchev–Trinajstić information content (AvgIpc) is 3.61. The van der Waals surface area contributed by atoms with Crippen LogP contribution in [0.2, 0.25) is 0 Å². The van der Waals surface area contributed by atoms with E-state index in [1.54, 1.807) is 23.9 Å². The standard InChI is InChI=1S/C26H28N8OS/c1-16(2)18-6-7-19-21(11-18)31-24(30-19)23-26(36-15-29-23)32-9-10-34(17(3)12-32)22(35)13-33-14-28-20-5-4-8-27-25(20)33/h4-8,11,14-17H,9-10,12-13H2,1-3H3,(H,30,31)/t17-/m1/s1. The van der Waals surface area contributed by atoms with Crippen molar-refractivity contribution in [3.63, 3.8) is 0 Å². The number of amides is 1. The molecule has 5 heterocycles. The molecule has 1 amide bonds. The average molecular weight is 501 g/mol. The Hall–Kier alpha value is -3.79. The fraction of sp³-hybridized carbons (Fsp3) is 0.346. The molecule has 9 nitrogen and oxygen atoms in total. The van der Waals surface area contributed by atoms with Crippen LogP contribution >= 0.6 is 11.3 Å². The molecule has 1 atom stereocenters. The first-order valence-electron chi connectivity index (χ1n) is 12.2. The Labute approximate surface area is 212 Å². The number of hydrogen-bond donors (Lipinski definition) is 1. The highest BCUT2D eigenvalue weighted by Gasteiger charge is 2.30. The van der Waals surface area contributed by atoms with Crippen LogP contribution in [0.1, 0.15) is 32.3 Å². The van der Waals surface area contributed by atoms with Crippen LogP contribution in [-0.2, 0) is 11.3 Å². The highest BCUT2D eigenvalue weighted by Crippen LogP contribution is 2.35. The van der Waals surface area contributed by atoms with Crippen LogP contribution in [0.15, 0.2) is 48.4 Å². The summed E-state index contributed by atoms with van der Waals surface area (Å²) in [5, 5.41) is 1.09. The third kappa shape index (κ3) is 4.01. The second kappa shape index (κ2) is 9.02. The van der Waals surface area contributed by atoms with Crippen molar-refractivity contribution in [3.8, 4) is 11.5 Å². The number of H-pyrrole nitrogens is 1. The van der Waals surface area contributed by atoms with Crippen LogP contribution in [0.3, 0.4) is 0 Å². The number of hydrogen-bond acceptors (Lipinski definition) is 7. The first kappa shape index (κ1) is 22.7. The molecule has 0 saturated carbocycles. The van der Waals surface area contributed by atoms with Crippen molar-refractivity contribution < 1.29 is 4.79 Å². The Bertz CT molecular complexity index is 1550. The number of pyridine rings is 1. The zero-order chi connectivity index (χ0) is 24.8. The van der Waals surface area contributed by atoms with Crippen LogP contribution < -0.4 is 4.90 Å². The van der Waals surface area contributed by atoms with Gasteiger partial charge in [-0.1, -0.05) is 19.9 Å². The molecule has 36 heavy (non-hydrogen) atoms. The maximum Gasteiger partial charge on any atom is 0.242 e. The fourth-order valence-electron chi connectivity index (χ4n) is 4.89. The van der Waals surface area contributed by atoms with Gasteiger partial charge in [-0.3, -0.25) is 4.79 Å². The number of piperazine rings is 1. The lowest BCUT2D eigenvalue weighted by molar-refractivity contribution is -0.134. The lowest BCUT2D eigenvalue weighted by atomic mass is 10.0. The molecule has 1 fully saturated rings. The first-order chi connectivity index (χ1) is 17.5. The zero-order valence-corrected chi connectivity index (χ0v) is 21.4. The van der Waals surface area contributed by atoms with E-state index in [1.165, 1.54) is 5.56 Å². The molecule has 0 spiro atoms. The molecular formula is C26H28N8OS. The van der Waals surface area contributed by atoms with E-state index in [-0.39, 0.29) is 18.5 Å². The number of benzene rings is 1. The van der Waals surface area contributed by atoms with Gasteiger partial charge in [-0.15, -0.1) is 11.3 Å². The minimum absolute atomic E-state index is 0.0632. The summed E-state index contributed by atoms with van der Waals surface area (Å²) >= 11 is 1.62. The second-order valence-corrected chi connectivity index (χ2v) is 10.5. The molecule has 10 heteroatoms. The van der Waals surface area contributed by atoms with E-state index in [0.29, 0.717) is 12.5 Å². The van der Waals surface area contributed by atoms with Gasteiger partial charge >= 0.3 is 0 Å². The molecule has 6 rings (SSSR count). The summed E-state index contributed by atoms with van der Waals surface area (Å²) < 4.78 is 1.82. The van der Waals surface area contributed by atoms with Crippen LogP contribution in [0.5, 0.6) is 0 Å². The Balaban J connectivity index is 1.18. The number of fused-ring (bicyclic) bond motifs is 2. The lowest BCUT2D eigenvalue weighted by Crippen LogP contribution is -2.54. The van der Waals surface area contributed by atoms with Crippen LogP contribution in [0.4, 0.5) is 5.00 Å². The van der Waals surface area contributed by atoms with Gasteiger partial charge in [0.05, 0.1) is 22.9 Å². The summed E-state index contributed by atoms with van der Waals surface area (Å²) in [6.45, 7) is 8.85. The number of aromatic nitrogens is 6. The summed E-state index contributed by atoms with van der Waals surface area (Å²) in [6.07, 6.45) is 3.42. The smallest absolute Gasteiger partial charge is 0.242 e. The number of carbonyl (C=O) groups is 1. The van der Waals surface area contributed by atoms with Gasteiger partial charge in [0.1, 0.15) is 22.8 Å². The molecule has 5 aromatic rings. The largest absolute Gasteiger partial charge is 0.358 e. The summed E-state index contributed by atoms with van der Waals surface area (Å²) in [5.74, 6) is 1.32. The lowest BCUT2D eigenvalue weighted by Gasteiger charge is -2.40. The molecule has 1 aromatic carbocycles. The van der Waals surface area contributed by atoms with E-state index in [9.17, 15) is 4.79 Å². The van der Waals surface area contributed by atoms with Gasteiger partial charge in [0.15, 0.2) is 11.5 Å². The Kier molecular flexibility index (Phi) is 5.67. The van der Waals surface area contributed by atoms with Gasteiger partial charge in [0, 0.05) is 31.9 Å². The Morgan fingerprint density at radius 1 is 1.17 bits per heavy atom. The monoisotopic (exact) mass is 500 g/mol. The molecule has 0 aliphatic carbocycles. The molecular weight excluding hydrogens is 472 g/mol. The van der Waals surface area contributed by atoms with Crippen molar-refractivity contribution in [3.05, 3.63) is 53.9 Å². The minimum atomic E-state index is 0.0632. The van der Waals surface area contributed by atoms with Crippen LogP contribution in [-0.4, -0.2) is 66.0 Å². The zero-order valence-electron chi connectivity index (χ0n) is 20.5. The number of rotatable bonds is 5. The first-order valence-corrected chi connectivity index (χ1v) is 13.1. The van der Waals surface area contributed by atoms with Crippen molar-refractivity contribution >= 4 is 44.4 Å². The number of carbonyl (C=O) groups excluding carboxylic acids is 1. The quantitative estimate of drug-likeness (QED) is 0.387.